The predicted octanol–water partition coefficient (Wildman–Crippen LogP) is 3.81. The fraction of sp³-hybridized carbons (Fsp3) is 0.632. The second-order valence-electron chi connectivity index (χ2n) is 7.76. The van der Waals surface area contributed by atoms with Crippen LogP contribution in [-0.2, 0) is 4.74 Å². The molecule has 2 aliphatic rings. The summed E-state index contributed by atoms with van der Waals surface area (Å²) in [5.41, 5.74) is 0.309. The molecule has 1 atom stereocenters. The molecule has 5 nitrogen and oxygen atoms in total. The maximum atomic E-state index is 13.7. The van der Waals surface area contributed by atoms with E-state index in [0.29, 0.717) is 18.8 Å². The monoisotopic (exact) mass is 350 g/mol. The Balaban J connectivity index is 1.64. The van der Waals surface area contributed by atoms with E-state index >= 15 is 0 Å². The number of halogens is 1. The first kappa shape index (κ1) is 17.8. The molecule has 138 valence electrons. The Morgan fingerprint density at radius 2 is 1.92 bits per heavy atom. The van der Waals surface area contributed by atoms with Gasteiger partial charge >= 0.3 is 6.09 Å². The van der Waals surface area contributed by atoms with Gasteiger partial charge in [-0.15, -0.1) is 0 Å². The van der Waals surface area contributed by atoms with E-state index in [2.05, 4.69) is 4.90 Å². The summed E-state index contributed by atoms with van der Waals surface area (Å²) in [6.07, 6.45) is 2.57. The highest BCUT2D eigenvalue weighted by atomic mass is 19.1. The van der Waals surface area contributed by atoms with Gasteiger partial charge in [0.15, 0.2) is 0 Å². The van der Waals surface area contributed by atoms with E-state index in [-0.39, 0.29) is 18.0 Å². The topological polar surface area (TPSA) is 42.0 Å². The molecule has 6 heteroatoms. The third-order valence-electron chi connectivity index (χ3n) is 4.46. The lowest BCUT2D eigenvalue weighted by atomic mass is 10.2. The van der Waals surface area contributed by atoms with E-state index in [4.69, 9.17) is 9.47 Å². The van der Waals surface area contributed by atoms with E-state index < -0.39 is 5.60 Å². The van der Waals surface area contributed by atoms with Crippen molar-refractivity contribution in [1.29, 1.82) is 0 Å². The molecule has 0 bridgehead atoms. The lowest BCUT2D eigenvalue weighted by molar-refractivity contribution is 0.0276. The van der Waals surface area contributed by atoms with Crippen molar-refractivity contribution >= 4 is 11.8 Å². The van der Waals surface area contributed by atoms with Crippen LogP contribution in [-0.4, -0.2) is 48.9 Å². The Labute approximate surface area is 148 Å². The van der Waals surface area contributed by atoms with E-state index in [0.717, 1.165) is 38.0 Å². The van der Waals surface area contributed by atoms with Crippen LogP contribution >= 0.6 is 0 Å². The van der Waals surface area contributed by atoms with Crippen molar-refractivity contribution in [3.63, 3.8) is 0 Å². The Bertz CT molecular complexity index is 624. The average Bonchev–Trinajstić information content (AvgIpc) is 3.19. The predicted molar refractivity (Wildman–Crippen MR) is 94.7 cm³/mol. The molecule has 1 unspecified atom stereocenters. The Morgan fingerprint density at radius 3 is 2.60 bits per heavy atom. The highest BCUT2D eigenvalue weighted by Crippen LogP contribution is 2.33. The van der Waals surface area contributed by atoms with Gasteiger partial charge in [-0.25, -0.2) is 9.18 Å². The van der Waals surface area contributed by atoms with Crippen molar-refractivity contribution in [2.75, 3.05) is 31.1 Å². The number of carbonyl (C=O) groups excluding carboxylic acids is 1. The first-order valence-corrected chi connectivity index (χ1v) is 9.01. The van der Waals surface area contributed by atoms with Gasteiger partial charge in [0, 0.05) is 32.1 Å². The van der Waals surface area contributed by atoms with Crippen LogP contribution in [0.4, 0.5) is 14.9 Å². The zero-order valence-corrected chi connectivity index (χ0v) is 15.3. The van der Waals surface area contributed by atoms with Crippen molar-refractivity contribution in [2.24, 2.45) is 0 Å². The van der Waals surface area contributed by atoms with Crippen LogP contribution in [0.3, 0.4) is 0 Å². The number of nitrogens with zero attached hydrogens (tertiary/aromatic N) is 2. The Hall–Kier alpha value is -1.98. The summed E-state index contributed by atoms with van der Waals surface area (Å²) in [5, 5.41) is 0. The molecule has 2 saturated heterocycles. The number of ether oxygens (including phenoxy) is 2. The third-order valence-corrected chi connectivity index (χ3v) is 4.46. The molecule has 2 aliphatic heterocycles. The van der Waals surface area contributed by atoms with Crippen LogP contribution in [0.15, 0.2) is 18.2 Å². The number of anilines is 1. The normalized spacial score (nSPS) is 20.9. The minimum atomic E-state index is -0.504. The second kappa shape index (κ2) is 7.10. The molecule has 3 rings (SSSR count). The fourth-order valence-corrected chi connectivity index (χ4v) is 3.29. The molecule has 2 fully saturated rings. The van der Waals surface area contributed by atoms with Crippen LogP contribution < -0.4 is 9.64 Å². The fourth-order valence-electron chi connectivity index (χ4n) is 3.29. The molecule has 25 heavy (non-hydrogen) atoms. The van der Waals surface area contributed by atoms with Crippen LogP contribution in [0, 0.1) is 5.82 Å². The Kier molecular flexibility index (Phi) is 5.06. The van der Waals surface area contributed by atoms with Gasteiger partial charge in [0.1, 0.15) is 23.3 Å². The quantitative estimate of drug-likeness (QED) is 0.831. The maximum absolute atomic E-state index is 13.7. The minimum Gasteiger partial charge on any atom is -0.486 e. The molecular formula is C19H27FN2O3. The van der Waals surface area contributed by atoms with Crippen molar-refractivity contribution in [1.82, 2.24) is 4.90 Å². The summed E-state index contributed by atoms with van der Waals surface area (Å²) in [6, 6.07) is 4.66. The van der Waals surface area contributed by atoms with Gasteiger partial charge in [-0.3, -0.25) is 0 Å². The van der Waals surface area contributed by atoms with Gasteiger partial charge in [-0.1, -0.05) is 0 Å². The number of carbonyl (C=O) groups is 1. The molecule has 0 saturated carbocycles. The molecule has 1 amide bonds. The summed E-state index contributed by atoms with van der Waals surface area (Å²) in [7, 11) is 0. The van der Waals surface area contributed by atoms with Gasteiger partial charge in [-0.2, -0.15) is 0 Å². The van der Waals surface area contributed by atoms with Gasteiger partial charge in [0.25, 0.3) is 0 Å². The van der Waals surface area contributed by atoms with E-state index in [1.54, 1.807) is 17.0 Å². The van der Waals surface area contributed by atoms with Gasteiger partial charge in [0.2, 0.25) is 0 Å². The number of hydrogen-bond donors (Lipinski definition) is 0. The summed E-state index contributed by atoms with van der Waals surface area (Å²) in [6.45, 7) is 8.52. The molecule has 2 heterocycles. The first-order chi connectivity index (χ1) is 11.8. The van der Waals surface area contributed by atoms with Crippen LogP contribution in [0.2, 0.25) is 0 Å². The van der Waals surface area contributed by atoms with E-state index in [1.165, 1.54) is 6.07 Å². The van der Waals surface area contributed by atoms with Gasteiger partial charge < -0.3 is 19.3 Å². The van der Waals surface area contributed by atoms with Gasteiger partial charge in [-0.05, 0) is 45.7 Å². The Morgan fingerprint density at radius 1 is 1.20 bits per heavy atom. The number of benzene rings is 1. The average molecular weight is 350 g/mol. The molecule has 0 N–H and O–H groups in total. The molecule has 0 aromatic heterocycles. The summed E-state index contributed by atoms with van der Waals surface area (Å²) >= 11 is 0. The summed E-state index contributed by atoms with van der Waals surface area (Å²) in [4.78, 5) is 16.0. The molecule has 0 spiro atoms. The molecule has 1 aromatic carbocycles. The number of likely N-dealkylation sites (tertiary alicyclic amines) is 1. The number of hydrogen-bond acceptors (Lipinski definition) is 4. The maximum Gasteiger partial charge on any atom is 0.410 e. The zero-order valence-electron chi connectivity index (χ0n) is 15.3. The molecular weight excluding hydrogens is 323 g/mol. The lowest BCUT2D eigenvalue weighted by Gasteiger charge is -2.25. The molecule has 0 radical (unpaired) electrons. The van der Waals surface area contributed by atoms with E-state index in [9.17, 15) is 9.18 Å². The summed E-state index contributed by atoms with van der Waals surface area (Å²) < 4.78 is 25.2. The molecule has 0 aliphatic carbocycles. The standard InChI is InChI=1S/C19H27FN2O3/c1-19(2,3)25-18(23)22-11-8-15(13-22)24-17-7-6-14(20)12-16(17)21-9-4-5-10-21/h6-7,12,15H,4-5,8-11,13H2,1-3H3. The zero-order chi connectivity index (χ0) is 18.0. The second-order valence-corrected chi connectivity index (χ2v) is 7.76. The highest BCUT2D eigenvalue weighted by Gasteiger charge is 2.31. The van der Waals surface area contributed by atoms with Gasteiger partial charge in [0.05, 0.1) is 12.2 Å². The third kappa shape index (κ3) is 4.55. The summed E-state index contributed by atoms with van der Waals surface area (Å²) in [5.74, 6) is 0.440. The number of amides is 1. The van der Waals surface area contributed by atoms with E-state index in [1.807, 2.05) is 20.8 Å². The van der Waals surface area contributed by atoms with Crippen LogP contribution in [0.1, 0.15) is 40.0 Å². The SMILES string of the molecule is CC(C)(C)OC(=O)N1CCC(Oc2ccc(F)cc2N2CCCC2)C1. The molecule has 1 aromatic rings. The van der Waals surface area contributed by atoms with Crippen molar-refractivity contribution in [3.8, 4) is 5.75 Å². The minimum absolute atomic E-state index is 0.0978. The first-order valence-electron chi connectivity index (χ1n) is 9.01. The van der Waals surface area contributed by atoms with Crippen LogP contribution in [0.25, 0.3) is 0 Å². The van der Waals surface area contributed by atoms with Crippen molar-refractivity contribution in [3.05, 3.63) is 24.0 Å². The number of rotatable bonds is 3. The van der Waals surface area contributed by atoms with Crippen molar-refractivity contribution in [2.45, 2.75) is 51.7 Å². The lowest BCUT2D eigenvalue weighted by Crippen LogP contribution is -2.36. The highest BCUT2D eigenvalue weighted by molar-refractivity contribution is 5.68. The smallest absolute Gasteiger partial charge is 0.410 e. The largest absolute Gasteiger partial charge is 0.486 e. The van der Waals surface area contributed by atoms with Crippen LogP contribution in [0.5, 0.6) is 5.75 Å². The van der Waals surface area contributed by atoms with Crippen molar-refractivity contribution < 1.29 is 18.7 Å².